The average molecular weight is 272 g/mol. The Bertz CT molecular complexity index is 391. The lowest BCUT2D eigenvalue weighted by atomic mass is 10.1. The second-order valence-corrected chi connectivity index (χ2v) is 5.45. The van der Waals surface area contributed by atoms with Crippen molar-refractivity contribution in [2.45, 2.75) is 38.8 Å². The van der Waals surface area contributed by atoms with Gasteiger partial charge in [-0.25, -0.2) is 0 Å². The maximum absolute atomic E-state index is 6.15. The Hall–Kier alpha value is -0.770. The Kier molecular flexibility index (Phi) is 5.45. The summed E-state index contributed by atoms with van der Waals surface area (Å²) in [5, 5.41) is 0.597. The fourth-order valence-corrected chi connectivity index (χ4v) is 1.67. The van der Waals surface area contributed by atoms with Crippen LogP contribution in [0.5, 0.6) is 5.75 Å². The van der Waals surface area contributed by atoms with Gasteiger partial charge in [0.2, 0.25) is 0 Å². The van der Waals surface area contributed by atoms with Crippen molar-refractivity contribution in [3.05, 3.63) is 28.8 Å². The fourth-order valence-electron chi connectivity index (χ4n) is 1.43. The summed E-state index contributed by atoms with van der Waals surface area (Å²) in [4.78, 5) is 0. The lowest BCUT2D eigenvalue weighted by Crippen LogP contribution is -2.25. The minimum absolute atomic E-state index is 0.0241. The van der Waals surface area contributed by atoms with Crippen LogP contribution < -0.4 is 10.5 Å². The molecule has 1 aromatic carbocycles. The molecule has 102 valence electrons. The first kappa shape index (κ1) is 15.3. The van der Waals surface area contributed by atoms with Crippen LogP contribution in [0.4, 0.5) is 0 Å². The van der Waals surface area contributed by atoms with Gasteiger partial charge in [0.05, 0.1) is 17.2 Å². The molecule has 0 amide bonds. The van der Waals surface area contributed by atoms with E-state index in [4.69, 9.17) is 26.8 Å². The summed E-state index contributed by atoms with van der Waals surface area (Å²) in [7, 11) is 1.70. The minimum Gasteiger partial charge on any atom is -0.492 e. The molecule has 0 fully saturated rings. The molecule has 0 aliphatic rings. The van der Waals surface area contributed by atoms with Crippen molar-refractivity contribution >= 4 is 11.6 Å². The third kappa shape index (κ3) is 4.48. The van der Waals surface area contributed by atoms with Crippen LogP contribution in [0.2, 0.25) is 5.02 Å². The molecule has 0 radical (unpaired) electrons. The highest BCUT2D eigenvalue weighted by Gasteiger charge is 2.16. The van der Waals surface area contributed by atoms with Crippen LogP contribution in [0.1, 0.15) is 38.8 Å². The van der Waals surface area contributed by atoms with Gasteiger partial charge in [0.1, 0.15) is 5.75 Å². The van der Waals surface area contributed by atoms with Gasteiger partial charge in [-0.1, -0.05) is 17.7 Å². The van der Waals surface area contributed by atoms with E-state index in [0.717, 1.165) is 12.0 Å². The maximum Gasteiger partial charge on any atom is 0.137 e. The molecule has 0 heterocycles. The Morgan fingerprint density at radius 2 is 2.06 bits per heavy atom. The van der Waals surface area contributed by atoms with E-state index in [1.807, 2.05) is 39.0 Å². The van der Waals surface area contributed by atoms with Crippen molar-refractivity contribution < 1.29 is 9.47 Å². The Morgan fingerprint density at radius 3 is 2.56 bits per heavy atom. The number of nitrogens with two attached hydrogens (primary N) is 1. The van der Waals surface area contributed by atoms with E-state index in [0.29, 0.717) is 17.4 Å². The summed E-state index contributed by atoms with van der Waals surface area (Å²) < 4.78 is 11.0. The molecule has 3 nitrogen and oxygen atoms in total. The Morgan fingerprint density at radius 1 is 1.39 bits per heavy atom. The molecule has 1 aromatic rings. The van der Waals surface area contributed by atoms with Crippen LogP contribution in [-0.2, 0) is 4.74 Å². The molecule has 0 saturated heterocycles. The van der Waals surface area contributed by atoms with Crippen molar-refractivity contribution in [2.24, 2.45) is 5.73 Å². The third-order valence-electron chi connectivity index (χ3n) is 3.00. The molecule has 4 heteroatoms. The molecular formula is C14H22ClNO2. The van der Waals surface area contributed by atoms with Crippen LogP contribution >= 0.6 is 11.6 Å². The Labute approximate surface area is 114 Å². The van der Waals surface area contributed by atoms with Gasteiger partial charge in [-0.05, 0) is 38.5 Å². The average Bonchev–Trinajstić information content (AvgIpc) is 2.31. The van der Waals surface area contributed by atoms with Crippen molar-refractivity contribution in [1.29, 1.82) is 0 Å². The number of halogens is 1. The number of hydrogen-bond donors (Lipinski definition) is 1. The molecule has 0 unspecified atom stereocenters. The molecule has 0 saturated carbocycles. The first-order chi connectivity index (χ1) is 8.35. The van der Waals surface area contributed by atoms with Gasteiger partial charge in [-0.3, -0.25) is 0 Å². The van der Waals surface area contributed by atoms with Gasteiger partial charge in [0, 0.05) is 19.6 Å². The smallest absolute Gasteiger partial charge is 0.137 e. The van der Waals surface area contributed by atoms with E-state index >= 15 is 0 Å². The lowest BCUT2D eigenvalue weighted by Gasteiger charge is -2.22. The standard InChI is InChI=1S/C14H22ClNO2/c1-10(16)11-5-6-13(12(15)9-11)18-8-7-14(2,3)17-4/h5-6,9-10H,7-8,16H2,1-4H3/t10-/m1/s1. The second kappa shape index (κ2) is 6.41. The summed E-state index contributed by atoms with van der Waals surface area (Å²) in [5.74, 6) is 0.688. The molecule has 0 aliphatic heterocycles. The number of ether oxygens (including phenoxy) is 2. The van der Waals surface area contributed by atoms with E-state index in [2.05, 4.69) is 0 Å². The molecular weight excluding hydrogens is 250 g/mol. The molecule has 18 heavy (non-hydrogen) atoms. The summed E-state index contributed by atoms with van der Waals surface area (Å²) in [6.07, 6.45) is 0.800. The van der Waals surface area contributed by atoms with Crippen LogP contribution in [0.3, 0.4) is 0 Å². The van der Waals surface area contributed by atoms with Crippen molar-refractivity contribution in [3.63, 3.8) is 0 Å². The molecule has 2 N–H and O–H groups in total. The van der Waals surface area contributed by atoms with E-state index in [1.54, 1.807) is 7.11 Å². The molecule has 0 aromatic heterocycles. The number of benzene rings is 1. The van der Waals surface area contributed by atoms with Gasteiger partial charge in [0.25, 0.3) is 0 Å². The third-order valence-corrected chi connectivity index (χ3v) is 3.29. The first-order valence-electron chi connectivity index (χ1n) is 6.09. The largest absolute Gasteiger partial charge is 0.492 e. The zero-order chi connectivity index (χ0) is 13.8. The molecule has 0 bridgehead atoms. The van der Waals surface area contributed by atoms with Crippen molar-refractivity contribution in [1.82, 2.24) is 0 Å². The number of methoxy groups -OCH3 is 1. The van der Waals surface area contributed by atoms with E-state index < -0.39 is 0 Å². The van der Waals surface area contributed by atoms with Crippen LogP contribution in [-0.4, -0.2) is 19.3 Å². The fraction of sp³-hybridized carbons (Fsp3) is 0.571. The van der Waals surface area contributed by atoms with Gasteiger partial charge in [0.15, 0.2) is 0 Å². The zero-order valence-electron chi connectivity index (χ0n) is 11.5. The highest BCUT2D eigenvalue weighted by molar-refractivity contribution is 6.32. The second-order valence-electron chi connectivity index (χ2n) is 5.04. The minimum atomic E-state index is -0.182. The van der Waals surface area contributed by atoms with E-state index in [-0.39, 0.29) is 11.6 Å². The summed E-state index contributed by atoms with van der Waals surface area (Å²) in [6, 6.07) is 5.63. The van der Waals surface area contributed by atoms with Gasteiger partial charge in [-0.2, -0.15) is 0 Å². The zero-order valence-corrected chi connectivity index (χ0v) is 12.3. The van der Waals surface area contributed by atoms with Crippen molar-refractivity contribution in [3.8, 4) is 5.75 Å². The molecule has 0 spiro atoms. The van der Waals surface area contributed by atoms with Gasteiger partial charge in [-0.15, -0.1) is 0 Å². The SMILES string of the molecule is COC(C)(C)CCOc1ccc([C@@H](C)N)cc1Cl. The topological polar surface area (TPSA) is 44.5 Å². The van der Waals surface area contributed by atoms with Crippen LogP contribution in [0.15, 0.2) is 18.2 Å². The molecule has 0 aliphatic carbocycles. The Balaban J connectivity index is 2.58. The van der Waals surface area contributed by atoms with E-state index in [9.17, 15) is 0 Å². The quantitative estimate of drug-likeness (QED) is 0.860. The van der Waals surface area contributed by atoms with Crippen molar-refractivity contribution in [2.75, 3.05) is 13.7 Å². The van der Waals surface area contributed by atoms with Gasteiger partial charge < -0.3 is 15.2 Å². The number of hydrogen-bond acceptors (Lipinski definition) is 3. The first-order valence-corrected chi connectivity index (χ1v) is 6.46. The monoisotopic (exact) mass is 271 g/mol. The van der Waals surface area contributed by atoms with E-state index in [1.165, 1.54) is 0 Å². The highest BCUT2D eigenvalue weighted by Crippen LogP contribution is 2.28. The normalized spacial score (nSPS) is 13.4. The summed E-state index contributed by atoms with van der Waals surface area (Å²) in [5.41, 5.74) is 6.61. The maximum atomic E-state index is 6.15. The predicted molar refractivity (Wildman–Crippen MR) is 75.3 cm³/mol. The van der Waals surface area contributed by atoms with Crippen LogP contribution in [0, 0.1) is 0 Å². The summed E-state index contributed by atoms with van der Waals surface area (Å²) >= 11 is 6.15. The van der Waals surface area contributed by atoms with Crippen LogP contribution in [0.25, 0.3) is 0 Å². The molecule has 1 rings (SSSR count). The molecule has 1 atom stereocenters. The highest BCUT2D eigenvalue weighted by atomic mass is 35.5. The summed E-state index contributed by atoms with van der Waals surface area (Å²) in [6.45, 7) is 6.54. The number of rotatable bonds is 6. The van der Waals surface area contributed by atoms with Gasteiger partial charge >= 0.3 is 0 Å². The lowest BCUT2D eigenvalue weighted by molar-refractivity contribution is 0.00546. The predicted octanol–water partition coefficient (Wildman–Crippen LogP) is 3.55.